The van der Waals surface area contributed by atoms with E-state index in [0.717, 1.165) is 19.3 Å². The van der Waals surface area contributed by atoms with Gasteiger partial charge in [0, 0.05) is 12.6 Å². The number of hydrogen-bond acceptors (Lipinski definition) is 3. The Bertz CT molecular complexity index is 225. The summed E-state index contributed by atoms with van der Waals surface area (Å²) in [6.07, 6.45) is 3.34. The first kappa shape index (κ1) is 16.4. The molecule has 0 aliphatic heterocycles. The maximum Gasteiger partial charge on any atom is 0.242 e. The number of carbonyl (C=O) groups excluding carboxylic acids is 1. The lowest BCUT2D eigenvalue weighted by Gasteiger charge is -2.36. The second-order valence-electron chi connectivity index (χ2n) is 4.86. The molecule has 0 bridgehead atoms. The summed E-state index contributed by atoms with van der Waals surface area (Å²) in [6, 6.07) is 0.175. The van der Waals surface area contributed by atoms with E-state index in [1.54, 1.807) is 11.8 Å². The molecule has 4 heteroatoms. The molecule has 0 aliphatic carbocycles. The van der Waals surface area contributed by atoms with Crippen LogP contribution in [0.1, 0.15) is 53.4 Å². The summed E-state index contributed by atoms with van der Waals surface area (Å²) in [7, 11) is 0. The van der Waals surface area contributed by atoms with Crippen LogP contribution in [0.25, 0.3) is 0 Å². The molecule has 0 fully saturated rings. The van der Waals surface area contributed by atoms with Crippen LogP contribution in [0.5, 0.6) is 0 Å². The van der Waals surface area contributed by atoms with E-state index in [0.29, 0.717) is 13.0 Å². The Morgan fingerprint density at radius 1 is 1.35 bits per heavy atom. The van der Waals surface area contributed by atoms with Crippen molar-refractivity contribution in [2.45, 2.75) is 65.0 Å². The van der Waals surface area contributed by atoms with E-state index >= 15 is 0 Å². The highest BCUT2D eigenvalue weighted by Crippen LogP contribution is 2.17. The highest BCUT2D eigenvalue weighted by atomic mass is 16.3. The third kappa shape index (κ3) is 4.64. The van der Waals surface area contributed by atoms with Gasteiger partial charge in [-0.2, -0.15) is 0 Å². The lowest BCUT2D eigenvalue weighted by molar-refractivity contribution is -0.140. The lowest BCUT2D eigenvalue weighted by Crippen LogP contribution is -2.56. The number of rotatable bonds is 8. The Kier molecular flexibility index (Phi) is 7.39. The zero-order valence-corrected chi connectivity index (χ0v) is 11.7. The van der Waals surface area contributed by atoms with Gasteiger partial charge in [0.15, 0.2) is 0 Å². The van der Waals surface area contributed by atoms with Gasteiger partial charge in [-0.05, 0) is 26.2 Å². The number of hydrogen-bond donors (Lipinski definition) is 2. The molecule has 17 heavy (non-hydrogen) atoms. The minimum Gasteiger partial charge on any atom is -0.395 e. The van der Waals surface area contributed by atoms with Crippen LogP contribution in [0.2, 0.25) is 0 Å². The molecule has 102 valence electrons. The quantitative estimate of drug-likeness (QED) is 0.680. The number of nitrogens with zero attached hydrogens (tertiary/aromatic N) is 1. The van der Waals surface area contributed by atoms with Gasteiger partial charge in [0.1, 0.15) is 0 Å². The molecule has 0 saturated heterocycles. The van der Waals surface area contributed by atoms with Gasteiger partial charge in [0.05, 0.1) is 12.1 Å². The van der Waals surface area contributed by atoms with E-state index in [2.05, 4.69) is 13.8 Å². The summed E-state index contributed by atoms with van der Waals surface area (Å²) in [6.45, 7) is 8.28. The molecule has 0 radical (unpaired) electrons. The summed E-state index contributed by atoms with van der Waals surface area (Å²) in [4.78, 5) is 14.1. The molecular formula is C13H28N2O2. The Labute approximate surface area is 105 Å². The van der Waals surface area contributed by atoms with Gasteiger partial charge in [-0.25, -0.2) is 0 Å². The first-order chi connectivity index (χ1) is 7.94. The molecule has 3 N–H and O–H groups in total. The van der Waals surface area contributed by atoms with Crippen LogP contribution in [0.4, 0.5) is 0 Å². The van der Waals surface area contributed by atoms with Crippen molar-refractivity contribution in [2.75, 3.05) is 13.2 Å². The minimum atomic E-state index is -0.813. The van der Waals surface area contributed by atoms with Crippen LogP contribution >= 0.6 is 0 Å². The zero-order chi connectivity index (χ0) is 13.5. The summed E-state index contributed by atoms with van der Waals surface area (Å²) in [5, 5.41) is 9.09. The van der Waals surface area contributed by atoms with Gasteiger partial charge in [-0.15, -0.1) is 0 Å². The molecule has 0 aliphatic rings. The fraction of sp³-hybridized carbons (Fsp3) is 0.923. The van der Waals surface area contributed by atoms with E-state index in [1.165, 1.54) is 0 Å². The van der Waals surface area contributed by atoms with E-state index in [9.17, 15) is 4.79 Å². The molecule has 0 aromatic carbocycles. The van der Waals surface area contributed by atoms with E-state index in [4.69, 9.17) is 10.8 Å². The maximum absolute atomic E-state index is 12.4. The minimum absolute atomic E-state index is 0.00948. The number of amides is 1. The molecule has 1 amide bonds. The number of aliphatic hydroxyl groups excluding tert-OH is 1. The summed E-state index contributed by atoms with van der Waals surface area (Å²) < 4.78 is 0. The van der Waals surface area contributed by atoms with Crippen molar-refractivity contribution in [3.63, 3.8) is 0 Å². The number of carbonyl (C=O) groups is 1. The third-order valence-electron chi connectivity index (χ3n) is 3.24. The largest absolute Gasteiger partial charge is 0.395 e. The number of nitrogens with two attached hydrogens (primary N) is 1. The van der Waals surface area contributed by atoms with Crippen molar-refractivity contribution in [2.24, 2.45) is 5.73 Å². The molecule has 1 atom stereocenters. The standard InChI is InChI=1S/C13H28N2O2/c1-5-8-13(4,14)12(17)15(9-10-16)11(6-2)7-3/h11,16H,5-10,14H2,1-4H3. The van der Waals surface area contributed by atoms with Gasteiger partial charge in [-0.1, -0.05) is 27.2 Å². The Morgan fingerprint density at radius 2 is 1.88 bits per heavy atom. The van der Waals surface area contributed by atoms with Crippen LogP contribution in [0.15, 0.2) is 0 Å². The highest BCUT2D eigenvalue weighted by molar-refractivity contribution is 5.86. The monoisotopic (exact) mass is 244 g/mol. The SMILES string of the molecule is CCCC(C)(N)C(=O)N(CCO)C(CC)CC. The predicted octanol–water partition coefficient (Wildman–Crippen LogP) is 1.51. The van der Waals surface area contributed by atoms with Crippen molar-refractivity contribution in [3.8, 4) is 0 Å². The van der Waals surface area contributed by atoms with Crippen LogP contribution in [0, 0.1) is 0 Å². The first-order valence-electron chi connectivity index (χ1n) is 6.65. The lowest BCUT2D eigenvalue weighted by atomic mass is 9.94. The van der Waals surface area contributed by atoms with Gasteiger partial charge < -0.3 is 15.7 Å². The average molecular weight is 244 g/mol. The van der Waals surface area contributed by atoms with Gasteiger partial charge >= 0.3 is 0 Å². The van der Waals surface area contributed by atoms with E-state index in [-0.39, 0.29) is 18.6 Å². The van der Waals surface area contributed by atoms with Crippen LogP contribution in [-0.2, 0) is 4.79 Å². The van der Waals surface area contributed by atoms with Gasteiger partial charge in [0.2, 0.25) is 5.91 Å². The van der Waals surface area contributed by atoms with Crippen LogP contribution < -0.4 is 5.73 Å². The third-order valence-corrected chi connectivity index (χ3v) is 3.24. The van der Waals surface area contributed by atoms with E-state index < -0.39 is 5.54 Å². The fourth-order valence-electron chi connectivity index (χ4n) is 2.24. The smallest absolute Gasteiger partial charge is 0.242 e. The van der Waals surface area contributed by atoms with Gasteiger partial charge in [-0.3, -0.25) is 4.79 Å². The Hall–Kier alpha value is -0.610. The van der Waals surface area contributed by atoms with Crippen molar-refractivity contribution in [1.29, 1.82) is 0 Å². The molecular weight excluding hydrogens is 216 g/mol. The molecule has 4 nitrogen and oxygen atoms in total. The Morgan fingerprint density at radius 3 is 2.24 bits per heavy atom. The average Bonchev–Trinajstić information content (AvgIpc) is 2.28. The number of aliphatic hydroxyl groups is 1. The highest BCUT2D eigenvalue weighted by Gasteiger charge is 2.33. The van der Waals surface area contributed by atoms with Gasteiger partial charge in [0.25, 0.3) is 0 Å². The van der Waals surface area contributed by atoms with Crippen molar-refractivity contribution in [3.05, 3.63) is 0 Å². The summed E-state index contributed by atoms with van der Waals surface area (Å²) >= 11 is 0. The Balaban J connectivity index is 4.85. The van der Waals surface area contributed by atoms with E-state index in [1.807, 2.05) is 6.92 Å². The molecule has 1 unspecified atom stereocenters. The van der Waals surface area contributed by atoms with Crippen LogP contribution in [-0.4, -0.2) is 40.6 Å². The fourth-order valence-corrected chi connectivity index (χ4v) is 2.24. The van der Waals surface area contributed by atoms with Crippen LogP contribution in [0.3, 0.4) is 0 Å². The molecule has 0 spiro atoms. The molecule has 0 aromatic heterocycles. The first-order valence-corrected chi connectivity index (χ1v) is 6.65. The van der Waals surface area contributed by atoms with Crippen molar-refractivity contribution in [1.82, 2.24) is 4.90 Å². The maximum atomic E-state index is 12.4. The van der Waals surface area contributed by atoms with Crippen molar-refractivity contribution >= 4 is 5.91 Å². The topological polar surface area (TPSA) is 66.6 Å². The van der Waals surface area contributed by atoms with Crippen molar-refractivity contribution < 1.29 is 9.90 Å². The summed E-state index contributed by atoms with van der Waals surface area (Å²) in [5.74, 6) is -0.0397. The molecule has 0 heterocycles. The second-order valence-corrected chi connectivity index (χ2v) is 4.86. The normalized spacial score (nSPS) is 14.8. The second kappa shape index (κ2) is 7.67. The zero-order valence-electron chi connectivity index (χ0n) is 11.7. The summed E-state index contributed by atoms with van der Waals surface area (Å²) in [5.41, 5.74) is 5.26. The molecule has 0 saturated carbocycles. The molecule has 0 aromatic rings. The predicted molar refractivity (Wildman–Crippen MR) is 70.7 cm³/mol. The molecule has 0 rings (SSSR count).